The smallest absolute Gasteiger partial charge is 0.275 e. The summed E-state index contributed by atoms with van der Waals surface area (Å²) in [6.45, 7) is 1.73. The number of amides is 1. The van der Waals surface area contributed by atoms with Gasteiger partial charge in [0.1, 0.15) is 11.5 Å². The molecule has 2 heterocycles. The van der Waals surface area contributed by atoms with E-state index in [1.54, 1.807) is 62.6 Å². The first-order valence-corrected chi connectivity index (χ1v) is 11.8. The van der Waals surface area contributed by atoms with E-state index in [-0.39, 0.29) is 29.5 Å². The van der Waals surface area contributed by atoms with E-state index in [0.717, 1.165) is 0 Å². The number of pyridine rings is 2. The molecule has 1 amide bonds. The number of nitriles is 1. The van der Waals surface area contributed by atoms with Crippen LogP contribution in [0.2, 0.25) is 0 Å². The summed E-state index contributed by atoms with van der Waals surface area (Å²) in [5.41, 5.74) is 2.53. The van der Waals surface area contributed by atoms with Gasteiger partial charge in [0.2, 0.25) is 5.91 Å². The van der Waals surface area contributed by atoms with Crippen molar-refractivity contribution < 1.29 is 14.0 Å². The molecule has 0 saturated heterocycles. The zero-order chi connectivity index (χ0) is 27.2. The van der Waals surface area contributed by atoms with E-state index in [9.17, 15) is 18.8 Å². The number of halogens is 1. The highest BCUT2D eigenvalue weighted by molar-refractivity contribution is 6.08. The number of hydrogen-bond donors (Lipinski definition) is 2. The van der Waals surface area contributed by atoms with E-state index in [1.807, 2.05) is 0 Å². The highest BCUT2D eigenvalue weighted by Crippen LogP contribution is 2.22. The minimum Gasteiger partial charge on any atom is -0.320 e. The zero-order valence-corrected chi connectivity index (χ0v) is 20.7. The second-order valence-electron chi connectivity index (χ2n) is 8.63. The molecule has 0 saturated carbocycles. The topological polar surface area (TPSA) is 117 Å². The predicted octanol–water partition coefficient (Wildman–Crippen LogP) is 3.75. The fraction of sp³-hybridized carbons (Fsp3) is 0.138. The molecular weight excluding hydrogens is 485 g/mol. The van der Waals surface area contributed by atoms with Gasteiger partial charge in [-0.1, -0.05) is 12.1 Å². The van der Waals surface area contributed by atoms with Crippen molar-refractivity contribution in [3.8, 4) is 17.3 Å². The molecule has 0 spiro atoms. The molecule has 0 unspecified atom stereocenters. The third-order valence-corrected chi connectivity index (χ3v) is 6.07. The van der Waals surface area contributed by atoms with E-state index in [2.05, 4.69) is 21.7 Å². The Hall–Kier alpha value is -4.94. The molecule has 2 aromatic heterocycles. The van der Waals surface area contributed by atoms with Crippen LogP contribution in [-0.4, -0.2) is 34.3 Å². The van der Waals surface area contributed by atoms with Crippen LogP contribution in [0.1, 0.15) is 34.0 Å². The van der Waals surface area contributed by atoms with Gasteiger partial charge in [-0.15, -0.1) is 0 Å². The molecule has 0 aliphatic heterocycles. The van der Waals surface area contributed by atoms with E-state index < -0.39 is 17.4 Å². The number of nitrogens with zero attached hydrogens (tertiary/aromatic N) is 3. The van der Waals surface area contributed by atoms with E-state index in [4.69, 9.17) is 5.26 Å². The van der Waals surface area contributed by atoms with Gasteiger partial charge in [0, 0.05) is 23.5 Å². The van der Waals surface area contributed by atoms with Gasteiger partial charge in [0.05, 0.1) is 29.9 Å². The molecule has 0 bridgehead atoms. The summed E-state index contributed by atoms with van der Waals surface area (Å²) < 4.78 is 14.8. The number of likely N-dealkylation sites (N-methyl/N-ethyl adjacent to an activating group) is 1. The van der Waals surface area contributed by atoms with Crippen LogP contribution in [0.25, 0.3) is 11.3 Å². The molecule has 0 aliphatic rings. The summed E-state index contributed by atoms with van der Waals surface area (Å²) in [6.07, 6.45) is 2.96. The Bertz CT molecular complexity index is 1590. The molecule has 1 atom stereocenters. The third-order valence-electron chi connectivity index (χ3n) is 6.07. The monoisotopic (exact) mass is 509 g/mol. The van der Waals surface area contributed by atoms with E-state index >= 15 is 0 Å². The van der Waals surface area contributed by atoms with Crippen molar-refractivity contribution >= 4 is 17.4 Å². The number of hydrogen-bond acceptors (Lipinski definition) is 6. The quantitative estimate of drug-likeness (QED) is 0.350. The lowest BCUT2D eigenvalue weighted by molar-refractivity contribution is -0.117. The van der Waals surface area contributed by atoms with Crippen LogP contribution in [0.4, 0.5) is 10.1 Å². The number of aromatic nitrogens is 2. The lowest BCUT2D eigenvalue weighted by Crippen LogP contribution is -2.37. The number of nitrogens with one attached hydrogen (secondary N) is 2. The summed E-state index contributed by atoms with van der Waals surface area (Å²) in [5.74, 6) is -1.14. The number of rotatable bonds is 8. The minimum atomic E-state index is -0.514. The Kier molecular flexibility index (Phi) is 7.85. The van der Waals surface area contributed by atoms with Crippen LogP contribution in [0, 0.1) is 17.1 Å². The molecule has 0 fully saturated rings. The van der Waals surface area contributed by atoms with Crippen molar-refractivity contribution in [2.24, 2.45) is 0 Å². The number of benzene rings is 2. The van der Waals surface area contributed by atoms with Crippen molar-refractivity contribution in [1.82, 2.24) is 14.9 Å². The van der Waals surface area contributed by atoms with Crippen molar-refractivity contribution in [2.45, 2.75) is 19.5 Å². The van der Waals surface area contributed by atoms with Crippen molar-refractivity contribution in [3.05, 3.63) is 118 Å². The maximum atomic E-state index is 13.6. The zero-order valence-electron chi connectivity index (χ0n) is 20.7. The summed E-state index contributed by atoms with van der Waals surface area (Å²) in [4.78, 5) is 43.1. The fourth-order valence-electron chi connectivity index (χ4n) is 3.82. The van der Waals surface area contributed by atoms with E-state index in [0.29, 0.717) is 27.9 Å². The fourth-order valence-corrected chi connectivity index (χ4v) is 3.82. The van der Waals surface area contributed by atoms with Crippen LogP contribution in [-0.2, 0) is 11.3 Å². The second-order valence-corrected chi connectivity index (χ2v) is 8.63. The maximum Gasteiger partial charge on any atom is 0.275 e. The van der Waals surface area contributed by atoms with Gasteiger partial charge in [-0.3, -0.25) is 19.4 Å². The first-order chi connectivity index (χ1) is 18.3. The van der Waals surface area contributed by atoms with Gasteiger partial charge >= 0.3 is 0 Å². The largest absolute Gasteiger partial charge is 0.320 e. The lowest BCUT2D eigenvalue weighted by Gasteiger charge is -2.17. The van der Waals surface area contributed by atoms with Gasteiger partial charge in [0.25, 0.3) is 5.56 Å². The Morgan fingerprint density at radius 3 is 2.39 bits per heavy atom. The molecule has 2 aromatic carbocycles. The first-order valence-electron chi connectivity index (χ1n) is 11.8. The van der Waals surface area contributed by atoms with Crippen LogP contribution in [0.5, 0.6) is 0 Å². The van der Waals surface area contributed by atoms with Gasteiger partial charge in [-0.05, 0) is 79.7 Å². The van der Waals surface area contributed by atoms with Crippen LogP contribution < -0.4 is 16.2 Å². The normalized spacial score (nSPS) is 11.4. The van der Waals surface area contributed by atoms with Crippen LogP contribution in [0.3, 0.4) is 0 Å². The number of carbonyl (C=O) groups excluding carboxylic acids is 2. The molecule has 2 N–H and O–H groups in total. The van der Waals surface area contributed by atoms with Crippen molar-refractivity contribution in [3.63, 3.8) is 0 Å². The molecular formula is C29H24FN5O3. The molecule has 0 radical (unpaired) electrons. The molecule has 190 valence electrons. The summed E-state index contributed by atoms with van der Waals surface area (Å²) in [7, 11) is 1.64. The van der Waals surface area contributed by atoms with Crippen molar-refractivity contribution in [1.29, 1.82) is 5.26 Å². The van der Waals surface area contributed by atoms with Gasteiger partial charge in [-0.25, -0.2) is 4.39 Å². The minimum absolute atomic E-state index is 0.0526. The second kappa shape index (κ2) is 11.4. The Morgan fingerprint density at radius 1 is 1.03 bits per heavy atom. The van der Waals surface area contributed by atoms with Gasteiger partial charge in [0.15, 0.2) is 5.78 Å². The Labute approximate surface area is 218 Å². The maximum absolute atomic E-state index is 13.6. The number of anilines is 1. The highest BCUT2D eigenvalue weighted by atomic mass is 19.1. The molecule has 9 heteroatoms. The van der Waals surface area contributed by atoms with Crippen molar-refractivity contribution in [2.75, 3.05) is 12.4 Å². The van der Waals surface area contributed by atoms with E-state index in [1.165, 1.54) is 35.0 Å². The van der Waals surface area contributed by atoms with Gasteiger partial charge in [-0.2, -0.15) is 5.26 Å². The molecule has 4 aromatic rings. The first kappa shape index (κ1) is 26.1. The third kappa shape index (κ3) is 5.72. The summed E-state index contributed by atoms with van der Waals surface area (Å²) in [5, 5.41) is 14.6. The number of ketones is 1. The lowest BCUT2D eigenvalue weighted by atomic mass is 10.0. The summed E-state index contributed by atoms with van der Waals surface area (Å²) in [6, 6.07) is 18.4. The molecule has 0 aliphatic carbocycles. The molecule has 8 nitrogen and oxygen atoms in total. The predicted molar refractivity (Wildman–Crippen MR) is 141 cm³/mol. The standard InChI is InChI=1S/C29H24FN5O3/c1-18(32-2)28(37)34-25-11-12-26(21-5-3-19(14-31)4-6-21)35(29(25)38)17-20-13-23(16-33-15-20)27(36)22-7-9-24(30)10-8-22/h3-13,15-16,18,32H,17H2,1-2H3,(H,34,37)/t18-/m0/s1. The Morgan fingerprint density at radius 2 is 1.74 bits per heavy atom. The highest BCUT2D eigenvalue weighted by Gasteiger charge is 2.17. The molecule has 4 rings (SSSR count). The number of carbonyl (C=O) groups is 2. The average molecular weight is 510 g/mol. The van der Waals surface area contributed by atoms with Crippen LogP contribution >= 0.6 is 0 Å². The van der Waals surface area contributed by atoms with Crippen LogP contribution in [0.15, 0.2) is 83.9 Å². The SMILES string of the molecule is CN[C@@H](C)C(=O)Nc1ccc(-c2ccc(C#N)cc2)n(Cc2cncc(C(=O)c3ccc(F)cc3)c2)c1=O. The Balaban J connectivity index is 1.75. The van der Waals surface area contributed by atoms with Gasteiger partial charge < -0.3 is 15.2 Å². The molecule has 38 heavy (non-hydrogen) atoms. The summed E-state index contributed by atoms with van der Waals surface area (Å²) >= 11 is 0. The average Bonchev–Trinajstić information content (AvgIpc) is 2.95.